The molecule has 1 heterocycles. The van der Waals surface area contributed by atoms with Crippen molar-refractivity contribution in [2.45, 2.75) is 6.42 Å². The second-order valence-corrected chi connectivity index (χ2v) is 4.31. The Hall–Kier alpha value is -1.71. The molecule has 0 aromatic heterocycles. The summed E-state index contributed by atoms with van der Waals surface area (Å²) in [6.45, 7) is 1.29. The highest BCUT2D eigenvalue weighted by atomic mass is 16.2. The van der Waals surface area contributed by atoms with Gasteiger partial charge in [-0.2, -0.15) is 0 Å². The van der Waals surface area contributed by atoms with E-state index in [9.17, 15) is 4.79 Å². The second kappa shape index (κ2) is 4.04. The van der Waals surface area contributed by atoms with E-state index < -0.39 is 0 Å². The maximum absolute atomic E-state index is 11.7. The average molecular weight is 219 g/mol. The van der Waals surface area contributed by atoms with Gasteiger partial charge in [0.2, 0.25) is 5.91 Å². The van der Waals surface area contributed by atoms with Gasteiger partial charge in [-0.1, -0.05) is 12.1 Å². The van der Waals surface area contributed by atoms with Gasteiger partial charge in [0.05, 0.1) is 17.9 Å². The average Bonchev–Trinajstić information content (AvgIpc) is 2.63. The van der Waals surface area contributed by atoms with Crippen LogP contribution in [0.15, 0.2) is 18.2 Å². The minimum absolute atomic E-state index is 0.108. The molecule has 1 amide bonds. The van der Waals surface area contributed by atoms with Crippen molar-refractivity contribution in [3.8, 4) is 0 Å². The molecule has 0 fully saturated rings. The summed E-state index contributed by atoms with van der Waals surface area (Å²) < 4.78 is 0. The lowest BCUT2D eigenvalue weighted by atomic mass is 10.1. The molecule has 16 heavy (non-hydrogen) atoms. The first-order valence-electron chi connectivity index (χ1n) is 5.42. The van der Waals surface area contributed by atoms with E-state index in [1.165, 1.54) is 5.56 Å². The zero-order valence-corrected chi connectivity index (χ0v) is 9.73. The summed E-state index contributed by atoms with van der Waals surface area (Å²) in [4.78, 5) is 15.3. The van der Waals surface area contributed by atoms with E-state index in [0.29, 0.717) is 6.54 Å². The number of amides is 1. The molecule has 1 aromatic carbocycles. The van der Waals surface area contributed by atoms with Crippen LogP contribution in [0.25, 0.3) is 0 Å². The maximum Gasteiger partial charge on any atom is 0.241 e. The number of anilines is 2. The molecule has 1 aliphatic heterocycles. The Morgan fingerprint density at radius 2 is 2.25 bits per heavy atom. The van der Waals surface area contributed by atoms with E-state index in [0.717, 1.165) is 24.3 Å². The first kappa shape index (κ1) is 10.8. The van der Waals surface area contributed by atoms with Gasteiger partial charge >= 0.3 is 0 Å². The molecule has 0 unspecified atom stereocenters. The Kier molecular flexibility index (Phi) is 2.73. The van der Waals surface area contributed by atoms with Crippen LogP contribution >= 0.6 is 0 Å². The molecule has 1 aromatic rings. The Labute approximate surface area is 95.6 Å². The van der Waals surface area contributed by atoms with Gasteiger partial charge in [0.25, 0.3) is 0 Å². The maximum atomic E-state index is 11.7. The predicted octanol–water partition coefficient (Wildman–Crippen LogP) is 0.719. The quantitative estimate of drug-likeness (QED) is 0.746. The molecule has 0 saturated heterocycles. The molecule has 4 nitrogen and oxygen atoms in total. The third-order valence-corrected chi connectivity index (χ3v) is 2.94. The molecule has 2 N–H and O–H groups in total. The minimum Gasteiger partial charge on any atom is -0.397 e. The third kappa shape index (κ3) is 1.83. The van der Waals surface area contributed by atoms with E-state index >= 15 is 0 Å². The van der Waals surface area contributed by atoms with Crippen LogP contribution in [0.2, 0.25) is 0 Å². The number of para-hydroxylation sites is 1. The summed E-state index contributed by atoms with van der Waals surface area (Å²) >= 11 is 0. The number of hydrogen-bond donors (Lipinski definition) is 1. The van der Waals surface area contributed by atoms with Crippen molar-refractivity contribution in [3.63, 3.8) is 0 Å². The summed E-state index contributed by atoms with van der Waals surface area (Å²) in [6.07, 6.45) is 0.973. The minimum atomic E-state index is 0.108. The molecule has 0 atom stereocenters. The molecular formula is C12H17N3O. The summed E-state index contributed by atoms with van der Waals surface area (Å²) in [5.74, 6) is 0.108. The van der Waals surface area contributed by atoms with Crippen LogP contribution in [0.3, 0.4) is 0 Å². The van der Waals surface area contributed by atoms with Gasteiger partial charge in [-0.15, -0.1) is 0 Å². The van der Waals surface area contributed by atoms with E-state index in [1.54, 1.807) is 19.0 Å². The standard InChI is InChI=1S/C12H17N3O/c1-14(2)11(16)8-15-7-6-9-4-3-5-10(13)12(9)15/h3-5H,6-8,13H2,1-2H3. The van der Waals surface area contributed by atoms with Crippen LogP contribution in [0, 0.1) is 0 Å². The Balaban J connectivity index is 2.20. The zero-order chi connectivity index (χ0) is 11.7. The van der Waals surface area contributed by atoms with Gasteiger partial charge in [0, 0.05) is 20.6 Å². The highest BCUT2D eigenvalue weighted by Gasteiger charge is 2.23. The van der Waals surface area contributed by atoms with Crippen LogP contribution in [0.5, 0.6) is 0 Å². The first-order valence-corrected chi connectivity index (χ1v) is 5.42. The molecular weight excluding hydrogens is 202 g/mol. The summed E-state index contributed by atoms with van der Waals surface area (Å²) in [5, 5.41) is 0. The summed E-state index contributed by atoms with van der Waals surface area (Å²) in [5.41, 5.74) is 8.99. The SMILES string of the molecule is CN(C)C(=O)CN1CCc2cccc(N)c21. The number of nitrogens with zero attached hydrogens (tertiary/aromatic N) is 2. The number of likely N-dealkylation sites (N-methyl/N-ethyl adjacent to an activating group) is 1. The van der Waals surface area contributed by atoms with Gasteiger partial charge < -0.3 is 15.5 Å². The van der Waals surface area contributed by atoms with Crippen LogP contribution in [-0.4, -0.2) is 38.0 Å². The fourth-order valence-electron chi connectivity index (χ4n) is 2.03. The van der Waals surface area contributed by atoms with Crippen LogP contribution in [0.4, 0.5) is 11.4 Å². The molecule has 86 valence electrons. The number of nitrogen functional groups attached to an aromatic ring is 1. The second-order valence-electron chi connectivity index (χ2n) is 4.31. The van der Waals surface area contributed by atoms with E-state index in [2.05, 4.69) is 11.0 Å². The van der Waals surface area contributed by atoms with Crippen molar-refractivity contribution in [1.82, 2.24) is 4.90 Å². The Bertz CT molecular complexity index is 415. The van der Waals surface area contributed by atoms with E-state index in [-0.39, 0.29) is 5.91 Å². The predicted molar refractivity (Wildman–Crippen MR) is 65.5 cm³/mol. The molecule has 2 rings (SSSR count). The molecule has 1 aliphatic rings. The number of hydrogen-bond acceptors (Lipinski definition) is 3. The molecule has 0 bridgehead atoms. The van der Waals surface area contributed by atoms with Crippen LogP contribution < -0.4 is 10.6 Å². The molecule has 0 saturated carbocycles. The van der Waals surface area contributed by atoms with Crippen LogP contribution in [0.1, 0.15) is 5.56 Å². The van der Waals surface area contributed by atoms with Crippen molar-refractivity contribution in [2.75, 3.05) is 37.8 Å². The van der Waals surface area contributed by atoms with E-state index in [1.807, 2.05) is 12.1 Å². The lowest BCUT2D eigenvalue weighted by Gasteiger charge is -2.22. The van der Waals surface area contributed by atoms with Crippen molar-refractivity contribution < 1.29 is 4.79 Å². The number of nitrogens with two attached hydrogens (primary N) is 1. The lowest BCUT2D eigenvalue weighted by Crippen LogP contribution is -2.35. The summed E-state index contributed by atoms with van der Waals surface area (Å²) in [6, 6.07) is 5.93. The highest BCUT2D eigenvalue weighted by molar-refractivity contribution is 5.84. The normalized spacial score (nSPS) is 13.8. The van der Waals surface area contributed by atoms with Gasteiger partial charge in [-0.3, -0.25) is 4.79 Å². The third-order valence-electron chi connectivity index (χ3n) is 2.94. The molecule has 0 radical (unpaired) electrons. The number of rotatable bonds is 2. The van der Waals surface area contributed by atoms with Gasteiger partial charge in [0.15, 0.2) is 0 Å². The fraction of sp³-hybridized carbons (Fsp3) is 0.417. The summed E-state index contributed by atoms with van der Waals surface area (Å²) in [7, 11) is 3.54. The first-order chi connectivity index (χ1) is 7.59. The lowest BCUT2D eigenvalue weighted by molar-refractivity contribution is -0.127. The number of carbonyl (C=O) groups excluding carboxylic acids is 1. The van der Waals surface area contributed by atoms with Crippen molar-refractivity contribution in [3.05, 3.63) is 23.8 Å². The molecule has 0 spiro atoms. The van der Waals surface area contributed by atoms with Crippen molar-refractivity contribution >= 4 is 17.3 Å². The largest absolute Gasteiger partial charge is 0.397 e. The molecule has 4 heteroatoms. The number of fused-ring (bicyclic) bond motifs is 1. The monoisotopic (exact) mass is 219 g/mol. The topological polar surface area (TPSA) is 49.6 Å². The smallest absolute Gasteiger partial charge is 0.241 e. The Morgan fingerprint density at radius 1 is 1.50 bits per heavy atom. The van der Waals surface area contributed by atoms with Crippen molar-refractivity contribution in [1.29, 1.82) is 0 Å². The number of carbonyl (C=O) groups is 1. The highest BCUT2D eigenvalue weighted by Crippen LogP contribution is 2.33. The van der Waals surface area contributed by atoms with E-state index in [4.69, 9.17) is 5.73 Å². The zero-order valence-electron chi connectivity index (χ0n) is 9.73. The van der Waals surface area contributed by atoms with Crippen molar-refractivity contribution in [2.24, 2.45) is 0 Å². The van der Waals surface area contributed by atoms with Crippen LogP contribution in [-0.2, 0) is 11.2 Å². The van der Waals surface area contributed by atoms with Gasteiger partial charge in [-0.25, -0.2) is 0 Å². The Morgan fingerprint density at radius 3 is 2.94 bits per heavy atom. The number of benzene rings is 1. The van der Waals surface area contributed by atoms with Gasteiger partial charge in [-0.05, 0) is 18.1 Å². The fourth-order valence-corrected chi connectivity index (χ4v) is 2.03. The van der Waals surface area contributed by atoms with Gasteiger partial charge in [0.1, 0.15) is 0 Å². The molecule has 0 aliphatic carbocycles.